The molecule has 0 bridgehead atoms. The zero-order valence-electron chi connectivity index (χ0n) is 12.7. The number of halogens is 1. The monoisotopic (exact) mass is 354 g/mol. The number of hydrogen-bond donors (Lipinski definition) is 2. The molecule has 0 heterocycles. The first-order valence-electron chi connectivity index (χ1n) is 7.40. The van der Waals surface area contributed by atoms with Gasteiger partial charge in [-0.25, -0.2) is 0 Å². The number of carbonyl (C=O) groups excluding carboxylic acids is 1. The van der Waals surface area contributed by atoms with Gasteiger partial charge in [0.2, 0.25) is 5.91 Å². The standard InChI is InChI=1S/C16H23BrN2O2/c1-18-16(6-4-3-5-7-16)11-15(20)19-13-8-12(17)9-14(10-13)21-2/h8-10,18H,3-7,11H2,1-2H3,(H,19,20). The van der Waals surface area contributed by atoms with E-state index in [-0.39, 0.29) is 11.4 Å². The lowest BCUT2D eigenvalue weighted by Gasteiger charge is -2.36. The summed E-state index contributed by atoms with van der Waals surface area (Å²) in [6, 6.07) is 5.58. The third kappa shape index (κ3) is 4.45. The smallest absolute Gasteiger partial charge is 0.226 e. The molecule has 1 aromatic rings. The highest BCUT2D eigenvalue weighted by Gasteiger charge is 2.32. The number of nitrogens with one attached hydrogen (secondary N) is 2. The predicted molar refractivity (Wildman–Crippen MR) is 88.8 cm³/mol. The second-order valence-electron chi connectivity index (χ2n) is 5.70. The first-order valence-corrected chi connectivity index (χ1v) is 8.19. The van der Waals surface area contributed by atoms with Crippen molar-refractivity contribution in [2.75, 3.05) is 19.5 Å². The molecule has 2 rings (SSSR count). The van der Waals surface area contributed by atoms with E-state index in [1.54, 1.807) is 7.11 Å². The Hall–Kier alpha value is -1.07. The van der Waals surface area contributed by atoms with Crippen LogP contribution in [0.2, 0.25) is 0 Å². The van der Waals surface area contributed by atoms with E-state index in [0.29, 0.717) is 6.42 Å². The summed E-state index contributed by atoms with van der Waals surface area (Å²) in [6.45, 7) is 0. The van der Waals surface area contributed by atoms with E-state index in [9.17, 15) is 4.79 Å². The van der Waals surface area contributed by atoms with E-state index in [0.717, 1.165) is 28.8 Å². The van der Waals surface area contributed by atoms with Crippen LogP contribution in [0.3, 0.4) is 0 Å². The second kappa shape index (κ2) is 7.27. The summed E-state index contributed by atoms with van der Waals surface area (Å²) in [5.74, 6) is 0.770. The SMILES string of the molecule is CNC1(CC(=O)Nc2cc(Br)cc(OC)c2)CCCCC1. The topological polar surface area (TPSA) is 50.4 Å². The molecule has 116 valence electrons. The number of methoxy groups -OCH3 is 1. The summed E-state index contributed by atoms with van der Waals surface area (Å²) in [5, 5.41) is 6.35. The zero-order chi connectivity index (χ0) is 15.3. The van der Waals surface area contributed by atoms with Crippen LogP contribution in [0.25, 0.3) is 0 Å². The first kappa shape index (κ1) is 16.3. The van der Waals surface area contributed by atoms with Crippen molar-refractivity contribution in [3.63, 3.8) is 0 Å². The van der Waals surface area contributed by atoms with E-state index in [2.05, 4.69) is 26.6 Å². The van der Waals surface area contributed by atoms with E-state index < -0.39 is 0 Å². The number of ether oxygens (including phenoxy) is 1. The van der Waals surface area contributed by atoms with E-state index in [1.165, 1.54) is 19.3 Å². The van der Waals surface area contributed by atoms with Gasteiger partial charge < -0.3 is 15.4 Å². The maximum atomic E-state index is 12.3. The number of benzene rings is 1. The molecule has 1 saturated carbocycles. The summed E-state index contributed by atoms with van der Waals surface area (Å²) in [6.07, 6.45) is 6.31. The van der Waals surface area contributed by atoms with Gasteiger partial charge in [-0.2, -0.15) is 0 Å². The maximum absolute atomic E-state index is 12.3. The molecule has 1 fully saturated rings. The Kier molecular flexibility index (Phi) is 5.65. The van der Waals surface area contributed by atoms with E-state index in [1.807, 2.05) is 25.2 Å². The lowest BCUT2D eigenvalue weighted by atomic mass is 9.79. The molecule has 4 nitrogen and oxygen atoms in total. The van der Waals surface area contributed by atoms with E-state index in [4.69, 9.17) is 4.74 Å². The van der Waals surface area contributed by atoms with Gasteiger partial charge in [0.25, 0.3) is 0 Å². The van der Waals surface area contributed by atoms with Crippen molar-refractivity contribution in [1.82, 2.24) is 5.32 Å². The van der Waals surface area contributed by atoms with Crippen molar-refractivity contribution >= 4 is 27.5 Å². The third-order valence-corrected chi connectivity index (χ3v) is 4.69. The number of rotatable bonds is 5. The highest BCUT2D eigenvalue weighted by Crippen LogP contribution is 2.31. The third-order valence-electron chi connectivity index (χ3n) is 4.23. The summed E-state index contributed by atoms with van der Waals surface area (Å²) in [5.41, 5.74) is 0.714. The number of amides is 1. The van der Waals surface area contributed by atoms with Gasteiger partial charge in [-0.1, -0.05) is 35.2 Å². The average molecular weight is 355 g/mol. The molecule has 5 heteroatoms. The molecule has 0 atom stereocenters. The van der Waals surface area contributed by atoms with Crippen molar-refractivity contribution in [2.24, 2.45) is 0 Å². The van der Waals surface area contributed by atoms with Crippen LogP contribution in [0.1, 0.15) is 38.5 Å². The highest BCUT2D eigenvalue weighted by atomic mass is 79.9. The molecular weight excluding hydrogens is 332 g/mol. The molecule has 1 aliphatic carbocycles. The minimum atomic E-state index is -0.0432. The van der Waals surface area contributed by atoms with Gasteiger partial charge in [-0.3, -0.25) is 4.79 Å². The fourth-order valence-corrected chi connectivity index (χ4v) is 3.48. The van der Waals surface area contributed by atoms with Crippen LogP contribution < -0.4 is 15.4 Å². The average Bonchev–Trinajstić information content (AvgIpc) is 2.47. The second-order valence-corrected chi connectivity index (χ2v) is 6.61. The van der Waals surface area contributed by atoms with Crippen LogP contribution >= 0.6 is 15.9 Å². The first-order chi connectivity index (χ1) is 10.1. The van der Waals surface area contributed by atoms with Crippen molar-refractivity contribution in [2.45, 2.75) is 44.1 Å². The number of hydrogen-bond acceptors (Lipinski definition) is 3. The molecule has 1 amide bonds. The van der Waals surface area contributed by atoms with Crippen LogP contribution in [-0.4, -0.2) is 25.6 Å². The van der Waals surface area contributed by atoms with E-state index >= 15 is 0 Å². The number of carbonyl (C=O) groups is 1. The molecule has 0 aromatic heterocycles. The van der Waals surface area contributed by atoms with Crippen molar-refractivity contribution < 1.29 is 9.53 Å². The van der Waals surface area contributed by atoms with Gasteiger partial charge in [0.05, 0.1) is 7.11 Å². The molecule has 0 radical (unpaired) electrons. The summed E-state index contributed by atoms with van der Waals surface area (Å²) in [7, 11) is 3.58. The maximum Gasteiger partial charge on any atom is 0.226 e. The van der Waals surface area contributed by atoms with Crippen LogP contribution in [0, 0.1) is 0 Å². The molecule has 0 saturated heterocycles. The fraction of sp³-hybridized carbons (Fsp3) is 0.562. The summed E-state index contributed by atoms with van der Waals surface area (Å²) in [4.78, 5) is 12.3. The molecule has 0 spiro atoms. The van der Waals surface area contributed by atoms with Gasteiger partial charge in [-0.05, 0) is 32.0 Å². The van der Waals surface area contributed by atoms with Crippen molar-refractivity contribution in [3.8, 4) is 5.75 Å². The highest BCUT2D eigenvalue weighted by molar-refractivity contribution is 9.10. The van der Waals surface area contributed by atoms with Gasteiger partial charge in [0.15, 0.2) is 0 Å². The Bertz CT molecular complexity index is 499. The minimum absolute atomic E-state index is 0.0432. The van der Waals surface area contributed by atoms with Crippen LogP contribution in [-0.2, 0) is 4.79 Å². The lowest BCUT2D eigenvalue weighted by Crippen LogP contribution is -2.47. The summed E-state index contributed by atoms with van der Waals surface area (Å²) < 4.78 is 6.10. The Morgan fingerprint density at radius 2 is 2.00 bits per heavy atom. The van der Waals surface area contributed by atoms with Crippen molar-refractivity contribution in [1.29, 1.82) is 0 Å². The Morgan fingerprint density at radius 1 is 1.29 bits per heavy atom. The van der Waals surface area contributed by atoms with Crippen LogP contribution in [0.15, 0.2) is 22.7 Å². The lowest BCUT2D eigenvalue weighted by molar-refractivity contribution is -0.117. The van der Waals surface area contributed by atoms with Crippen LogP contribution in [0.4, 0.5) is 5.69 Å². The van der Waals surface area contributed by atoms with Gasteiger partial charge >= 0.3 is 0 Å². The molecule has 0 aliphatic heterocycles. The fourth-order valence-electron chi connectivity index (χ4n) is 3.01. The Labute approximate surface area is 134 Å². The van der Waals surface area contributed by atoms with Crippen LogP contribution in [0.5, 0.6) is 5.75 Å². The molecule has 1 aliphatic rings. The molecule has 0 unspecified atom stereocenters. The molecule has 1 aromatic carbocycles. The zero-order valence-corrected chi connectivity index (χ0v) is 14.3. The van der Waals surface area contributed by atoms with Gasteiger partial charge in [0.1, 0.15) is 5.75 Å². The molecular formula is C16H23BrN2O2. The van der Waals surface area contributed by atoms with Crippen molar-refractivity contribution in [3.05, 3.63) is 22.7 Å². The largest absolute Gasteiger partial charge is 0.497 e. The number of anilines is 1. The quantitative estimate of drug-likeness (QED) is 0.847. The normalized spacial score (nSPS) is 17.3. The van der Waals surface area contributed by atoms with Gasteiger partial charge in [0, 0.05) is 28.2 Å². The molecule has 21 heavy (non-hydrogen) atoms. The Balaban J connectivity index is 2.02. The molecule has 2 N–H and O–H groups in total. The predicted octanol–water partition coefficient (Wildman–Crippen LogP) is 3.71. The summed E-state index contributed by atoms with van der Waals surface area (Å²) >= 11 is 3.42. The minimum Gasteiger partial charge on any atom is -0.497 e. The Morgan fingerprint density at radius 3 is 2.62 bits per heavy atom. The van der Waals surface area contributed by atoms with Gasteiger partial charge in [-0.15, -0.1) is 0 Å².